The monoisotopic (exact) mass is 393 g/mol. The molecule has 0 amide bonds. The molecule has 0 aliphatic carbocycles. The summed E-state index contributed by atoms with van der Waals surface area (Å²) in [6, 6.07) is 13.1. The Kier molecular flexibility index (Phi) is 6.13. The molecule has 0 fully saturated rings. The van der Waals surface area contributed by atoms with Crippen LogP contribution in [0.5, 0.6) is 5.75 Å². The van der Waals surface area contributed by atoms with Crippen molar-refractivity contribution in [2.75, 3.05) is 0 Å². The molecule has 0 aliphatic rings. The molecule has 0 N–H and O–H groups in total. The van der Waals surface area contributed by atoms with Gasteiger partial charge in [-0.3, -0.25) is 0 Å². The zero-order valence-electron chi connectivity index (χ0n) is 15.8. The molecule has 28 heavy (non-hydrogen) atoms. The van der Waals surface area contributed by atoms with Gasteiger partial charge in [0.05, 0.1) is 22.8 Å². The first kappa shape index (κ1) is 19.7. The molecule has 5 nitrogen and oxygen atoms in total. The van der Waals surface area contributed by atoms with Gasteiger partial charge in [0, 0.05) is 11.1 Å². The van der Waals surface area contributed by atoms with Crippen LogP contribution in [0.25, 0.3) is 22.8 Å². The van der Waals surface area contributed by atoms with Crippen molar-refractivity contribution in [1.82, 2.24) is 10.1 Å². The van der Waals surface area contributed by atoms with Gasteiger partial charge in [-0.2, -0.15) is 10.2 Å². The van der Waals surface area contributed by atoms with Crippen LogP contribution in [-0.4, -0.2) is 16.2 Å². The highest BCUT2D eigenvalue weighted by Gasteiger charge is 2.17. The van der Waals surface area contributed by atoms with Gasteiger partial charge >= 0.3 is 0 Å². The van der Waals surface area contributed by atoms with E-state index in [0.29, 0.717) is 40.0 Å². The summed E-state index contributed by atoms with van der Waals surface area (Å²) >= 11 is 6.31. The van der Waals surface area contributed by atoms with Crippen molar-refractivity contribution in [3.05, 3.63) is 65.2 Å². The van der Waals surface area contributed by atoms with Crippen LogP contribution in [-0.2, 0) is 6.42 Å². The summed E-state index contributed by atoms with van der Waals surface area (Å²) in [5.41, 5.74) is 2.96. The number of hydrogen-bond acceptors (Lipinski definition) is 5. The molecular weight excluding hydrogens is 374 g/mol. The first-order chi connectivity index (χ1) is 13.5. The SMILES string of the molecule is C=CCCc1c(C#N)cccc1-c1noc(-c2ccc(OC(C)C)c(Cl)c2)n1. The summed E-state index contributed by atoms with van der Waals surface area (Å²) < 4.78 is 11.1. The van der Waals surface area contributed by atoms with Crippen molar-refractivity contribution >= 4 is 11.6 Å². The van der Waals surface area contributed by atoms with Crippen molar-refractivity contribution in [3.8, 4) is 34.7 Å². The minimum atomic E-state index is 0.0276. The van der Waals surface area contributed by atoms with Gasteiger partial charge in [-0.05, 0) is 56.5 Å². The lowest BCUT2D eigenvalue weighted by Crippen LogP contribution is -2.05. The molecule has 1 aromatic heterocycles. The van der Waals surface area contributed by atoms with Crippen molar-refractivity contribution in [2.45, 2.75) is 32.8 Å². The first-order valence-corrected chi connectivity index (χ1v) is 9.34. The molecule has 0 bridgehead atoms. The van der Waals surface area contributed by atoms with Gasteiger partial charge in [-0.25, -0.2) is 0 Å². The molecule has 6 heteroatoms. The number of ether oxygens (including phenoxy) is 1. The number of halogens is 1. The Hall–Kier alpha value is -3.10. The Labute approximate surface area is 169 Å². The Balaban J connectivity index is 1.96. The van der Waals surface area contributed by atoms with Crippen LogP contribution in [0.4, 0.5) is 0 Å². The summed E-state index contributed by atoms with van der Waals surface area (Å²) in [5.74, 6) is 1.39. The van der Waals surface area contributed by atoms with Gasteiger partial charge in [0.2, 0.25) is 5.82 Å². The highest BCUT2D eigenvalue weighted by molar-refractivity contribution is 6.32. The molecule has 0 spiro atoms. The number of benzene rings is 2. The standard InChI is InChI=1S/C22H20ClN3O2/c1-4-5-8-17-16(13-24)7-6-9-18(17)21-25-22(28-26-21)15-10-11-20(19(23)12-15)27-14(2)3/h4,6-7,9-12,14H,1,5,8H2,2-3H3. The smallest absolute Gasteiger partial charge is 0.258 e. The third-order valence-corrected chi connectivity index (χ3v) is 4.40. The topological polar surface area (TPSA) is 71.9 Å². The maximum Gasteiger partial charge on any atom is 0.258 e. The number of rotatable bonds is 7. The third-order valence-electron chi connectivity index (χ3n) is 4.10. The predicted octanol–water partition coefficient (Wildman–Crippen LogP) is 5.83. The van der Waals surface area contributed by atoms with Gasteiger partial charge in [-0.1, -0.05) is 35.0 Å². The molecule has 3 rings (SSSR count). The van der Waals surface area contributed by atoms with E-state index in [0.717, 1.165) is 17.5 Å². The molecule has 0 saturated carbocycles. The minimum absolute atomic E-state index is 0.0276. The largest absolute Gasteiger partial charge is 0.489 e. The normalized spacial score (nSPS) is 10.7. The van der Waals surface area contributed by atoms with Crippen molar-refractivity contribution in [2.24, 2.45) is 0 Å². The van der Waals surface area contributed by atoms with Crippen LogP contribution >= 0.6 is 11.6 Å². The maximum absolute atomic E-state index is 9.42. The van der Waals surface area contributed by atoms with Crippen LogP contribution < -0.4 is 4.74 Å². The Bertz CT molecular complexity index is 1030. The van der Waals surface area contributed by atoms with E-state index in [-0.39, 0.29) is 6.10 Å². The second-order valence-corrected chi connectivity index (χ2v) is 6.91. The molecule has 0 aliphatic heterocycles. The lowest BCUT2D eigenvalue weighted by atomic mass is 9.97. The molecular formula is C22H20ClN3O2. The second-order valence-electron chi connectivity index (χ2n) is 6.51. The zero-order chi connectivity index (χ0) is 20.1. The zero-order valence-corrected chi connectivity index (χ0v) is 16.5. The Morgan fingerprint density at radius 1 is 1.32 bits per heavy atom. The summed E-state index contributed by atoms with van der Waals surface area (Å²) in [7, 11) is 0. The molecule has 142 valence electrons. The van der Waals surface area contributed by atoms with Crippen LogP contribution in [0, 0.1) is 11.3 Å². The van der Waals surface area contributed by atoms with E-state index in [1.165, 1.54) is 0 Å². The number of aromatic nitrogens is 2. The highest BCUT2D eigenvalue weighted by atomic mass is 35.5. The average molecular weight is 394 g/mol. The van der Waals surface area contributed by atoms with E-state index in [1.54, 1.807) is 18.2 Å². The molecule has 0 atom stereocenters. The molecule has 0 radical (unpaired) electrons. The lowest BCUT2D eigenvalue weighted by Gasteiger charge is -2.11. The van der Waals surface area contributed by atoms with Crippen molar-refractivity contribution in [3.63, 3.8) is 0 Å². The molecule has 0 unspecified atom stereocenters. The number of hydrogen-bond donors (Lipinski definition) is 0. The lowest BCUT2D eigenvalue weighted by molar-refractivity contribution is 0.242. The highest BCUT2D eigenvalue weighted by Crippen LogP contribution is 2.32. The number of allylic oxidation sites excluding steroid dienone is 1. The van der Waals surface area contributed by atoms with Crippen molar-refractivity contribution in [1.29, 1.82) is 5.26 Å². The first-order valence-electron chi connectivity index (χ1n) is 8.97. The van der Waals surface area contributed by atoms with Gasteiger partial charge in [0.25, 0.3) is 5.89 Å². The van der Waals surface area contributed by atoms with Gasteiger partial charge < -0.3 is 9.26 Å². The van der Waals surface area contributed by atoms with Crippen LogP contribution in [0.1, 0.15) is 31.4 Å². The third kappa shape index (κ3) is 4.24. The average Bonchev–Trinajstić information content (AvgIpc) is 3.17. The van der Waals surface area contributed by atoms with Crippen LogP contribution in [0.15, 0.2) is 53.6 Å². The molecule has 1 heterocycles. The molecule has 0 saturated heterocycles. The quantitative estimate of drug-likeness (QED) is 0.472. The number of nitriles is 1. The van der Waals surface area contributed by atoms with E-state index in [2.05, 4.69) is 22.8 Å². The molecule has 2 aromatic carbocycles. The second kappa shape index (κ2) is 8.73. The Morgan fingerprint density at radius 2 is 2.14 bits per heavy atom. The van der Waals surface area contributed by atoms with Gasteiger partial charge in [-0.15, -0.1) is 6.58 Å². The van der Waals surface area contributed by atoms with E-state index < -0.39 is 0 Å². The maximum atomic E-state index is 9.42. The fourth-order valence-electron chi connectivity index (χ4n) is 2.85. The van der Waals surface area contributed by atoms with E-state index in [9.17, 15) is 5.26 Å². The summed E-state index contributed by atoms with van der Waals surface area (Å²) in [6.07, 6.45) is 3.28. The van der Waals surface area contributed by atoms with Gasteiger partial charge in [0.1, 0.15) is 5.75 Å². The minimum Gasteiger partial charge on any atom is -0.489 e. The number of nitrogens with zero attached hydrogens (tertiary/aromatic N) is 3. The van der Waals surface area contributed by atoms with Gasteiger partial charge in [0.15, 0.2) is 0 Å². The fraction of sp³-hybridized carbons (Fsp3) is 0.227. The Morgan fingerprint density at radius 3 is 2.82 bits per heavy atom. The summed E-state index contributed by atoms with van der Waals surface area (Å²) in [5, 5.41) is 14.0. The van der Waals surface area contributed by atoms with E-state index in [1.807, 2.05) is 38.1 Å². The van der Waals surface area contributed by atoms with Crippen LogP contribution in [0.3, 0.4) is 0 Å². The molecule has 3 aromatic rings. The predicted molar refractivity (Wildman–Crippen MR) is 109 cm³/mol. The summed E-state index contributed by atoms with van der Waals surface area (Å²) in [6.45, 7) is 7.63. The van der Waals surface area contributed by atoms with E-state index in [4.69, 9.17) is 20.9 Å². The fourth-order valence-corrected chi connectivity index (χ4v) is 3.08. The summed E-state index contributed by atoms with van der Waals surface area (Å²) in [4.78, 5) is 4.51. The van der Waals surface area contributed by atoms with Crippen LogP contribution in [0.2, 0.25) is 5.02 Å². The van der Waals surface area contributed by atoms with E-state index >= 15 is 0 Å². The van der Waals surface area contributed by atoms with Crippen molar-refractivity contribution < 1.29 is 9.26 Å².